The van der Waals surface area contributed by atoms with E-state index in [2.05, 4.69) is 21.0 Å². The quantitative estimate of drug-likeness (QED) is 0.273. The van der Waals surface area contributed by atoms with Gasteiger partial charge < -0.3 is 29.4 Å². The van der Waals surface area contributed by atoms with E-state index in [-0.39, 0.29) is 11.0 Å². The van der Waals surface area contributed by atoms with Gasteiger partial charge in [0, 0.05) is 33.0 Å². The summed E-state index contributed by atoms with van der Waals surface area (Å²) in [5.41, 5.74) is 5.78. The lowest BCUT2D eigenvalue weighted by atomic mass is 9.97. The van der Waals surface area contributed by atoms with Gasteiger partial charge in [-0.15, -0.1) is 0 Å². The third kappa shape index (κ3) is 6.74. The summed E-state index contributed by atoms with van der Waals surface area (Å²) in [7, 11) is 0. The Morgan fingerprint density at radius 2 is 1.52 bits per heavy atom. The number of alkyl halides is 1. The average molecular weight is 534 g/mol. The molecule has 2 N–H and O–H groups in total. The standard InChI is InChI=1S/C19H24BrN3O10/c1-8(24)29-7-14-15(30-9(2)25)16(31-10(3)26)17(32-11(4)27)19(33-14)23-13(18(21)28)5-12(6-20)22-23/h5,14-17,19H,6-7H2,1-4H3,(H2,21,28)/t14-,15-,16+,17+,19-/m1/s1. The van der Waals surface area contributed by atoms with E-state index < -0.39 is 67.0 Å². The molecule has 33 heavy (non-hydrogen) atoms. The zero-order valence-electron chi connectivity index (χ0n) is 18.3. The van der Waals surface area contributed by atoms with Crippen LogP contribution < -0.4 is 5.73 Å². The van der Waals surface area contributed by atoms with E-state index in [0.29, 0.717) is 5.69 Å². The fourth-order valence-electron chi connectivity index (χ4n) is 3.29. The number of rotatable bonds is 8. The molecule has 0 unspecified atom stereocenters. The van der Waals surface area contributed by atoms with Crippen molar-refractivity contribution in [3.05, 3.63) is 17.5 Å². The number of esters is 4. The minimum Gasteiger partial charge on any atom is -0.463 e. The molecule has 182 valence electrons. The van der Waals surface area contributed by atoms with Crippen LogP contribution in [-0.4, -0.2) is 70.6 Å². The van der Waals surface area contributed by atoms with Crippen molar-refractivity contribution in [3.8, 4) is 0 Å². The van der Waals surface area contributed by atoms with E-state index >= 15 is 0 Å². The van der Waals surface area contributed by atoms with Crippen LogP contribution in [0.4, 0.5) is 0 Å². The fourth-order valence-corrected chi connectivity index (χ4v) is 3.56. The first-order valence-electron chi connectivity index (χ1n) is 9.69. The molecule has 0 radical (unpaired) electrons. The van der Waals surface area contributed by atoms with Gasteiger partial charge in [0.25, 0.3) is 5.91 Å². The molecule has 1 saturated heterocycles. The van der Waals surface area contributed by atoms with E-state index in [1.165, 1.54) is 6.07 Å². The molecule has 1 aliphatic rings. The van der Waals surface area contributed by atoms with Crippen LogP contribution in [0.3, 0.4) is 0 Å². The van der Waals surface area contributed by atoms with Crippen molar-refractivity contribution in [1.29, 1.82) is 0 Å². The lowest BCUT2D eigenvalue weighted by Crippen LogP contribution is -2.61. The second kappa shape index (κ2) is 11.2. The zero-order valence-corrected chi connectivity index (χ0v) is 19.9. The summed E-state index contributed by atoms with van der Waals surface area (Å²) in [6.45, 7) is 4.07. The first-order valence-corrected chi connectivity index (χ1v) is 10.8. The Labute approximate surface area is 196 Å². The molecule has 14 heteroatoms. The number of carbonyl (C=O) groups excluding carboxylic acids is 5. The fraction of sp³-hybridized carbons (Fsp3) is 0.579. The van der Waals surface area contributed by atoms with Gasteiger partial charge in [-0.2, -0.15) is 5.10 Å². The molecule has 1 aliphatic heterocycles. The number of nitrogens with zero attached hydrogens (tertiary/aromatic N) is 2. The normalized spacial score (nSPS) is 24.5. The van der Waals surface area contributed by atoms with Gasteiger partial charge in [0.05, 0.1) is 5.69 Å². The Hall–Kier alpha value is -3.00. The molecular weight excluding hydrogens is 510 g/mol. The first kappa shape index (κ1) is 26.3. The van der Waals surface area contributed by atoms with Crippen LogP contribution in [0.2, 0.25) is 0 Å². The largest absolute Gasteiger partial charge is 0.463 e. The molecule has 13 nitrogen and oxygen atoms in total. The molecule has 1 aromatic heterocycles. The molecule has 0 spiro atoms. The van der Waals surface area contributed by atoms with E-state index in [4.69, 9.17) is 29.4 Å². The Balaban J connectivity index is 2.65. The molecule has 0 aromatic carbocycles. The summed E-state index contributed by atoms with van der Waals surface area (Å²) in [5, 5.41) is 4.51. The van der Waals surface area contributed by atoms with Gasteiger partial charge in [0.1, 0.15) is 18.4 Å². The number of aromatic nitrogens is 2. The number of amides is 1. The van der Waals surface area contributed by atoms with Gasteiger partial charge >= 0.3 is 23.9 Å². The molecule has 0 bridgehead atoms. The van der Waals surface area contributed by atoms with Gasteiger partial charge in [-0.1, -0.05) is 15.9 Å². The van der Waals surface area contributed by atoms with E-state index in [9.17, 15) is 24.0 Å². The van der Waals surface area contributed by atoms with Crippen LogP contribution >= 0.6 is 15.9 Å². The topological polar surface area (TPSA) is 175 Å². The van der Waals surface area contributed by atoms with Crippen molar-refractivity contribution in [1.82, 2.24) is 9.78 Å². The molecule has 1 amide bonds. The molecule has 1 fully saturated rings. The maximum atomic E-state index is 12.0. The van der Waals surface area contributed by atoms with Crippen molar-refractivity contribution < 1.29 is 47.7 Å². The highest BCUT2D eigenvalue weighted by molar-refractivity contribution is 9.08. The summed E-state index contributed by atoms with van der Waals surface area (Å²) in [5.74, 6) is -3.83. The molecule has 0 saturated carbocycles. The number of carbonyl (C=O) groups is 5. The van der Waals surface area contributed by atoms with Crippen LogP contribution in [0.1, 0.15) is 50.1 Å². The zero-order chi connectivity index (χ0) is 24.9. The monoisotopic (exact) mass is 533 g/mol. The van der Waals surface area contributed by atoms with Crippen molar-refractivity contribution in [2.45, 2.75) is 63.7 Å². The number of hydrogen-bond donors (Lipinski definition) is 1. The van der Waals surface area contributed by atoms with E-state index in [1.807, 2.05) is 0 Å². The smallest absolute Gasteiger partial charge is 0.303 e. The molecule has 2 heterocycles. The minimum atomic E-state index is -1.41. The van der Waals surface area contributed by atoms with Crippen molar-refractivity contribution in [3.63, 3.8) is 0 Å². The Morgan fingerprint density at radius 3 is 2.00 bits per heavy atom. The predicted molar refractivity (Wildman–Crippen MR) is 111 cm³/mol. The number of nitrogens with two attached hydrogens (primary N) is 1. The Kier molecular flexibility index (Phi) is 8.93. The SMILES string of the molecule is CC(=O)OC[C@H]1O[C@@H](n2nc(CBr)cc2C(N)=O)[C@@H](OC(C)=O)[C@@H](OC(C)=O)[C@@H]1OC(C)=O. The third-order valence-corrected chi connectivity index (χ3v) is 4.96. The summed E-state index contributed by atoms with van der Waals surface area (Å²) in [6, 6.07) is 1.39. The van der Waals surface area contributed by atoms with Crippen molar-refractivity contribution >= 4 is 45.7 Å². The average Bonchev–Trinajstić information content (AvgIpc) is 3.13. The van der Waals surface area contributed by atoms with E-state index in [1.54, 1.807) is 0 Å². The van der Waals surface area contributed by atoms with Crippen LogP contribution in [0.5, 0.6) is 0 Å². The number of ether oxygens (including phenoxy) is 5. The second-order valence-electron chi connectivity index (χ2n) is 7.05. The lowest BCUT2D eigenvalue weighted by molar-refractivity contribution is -0.270. The second-order valence-corrected chi connectivity index (χ2v) is 7.61. The maximum Gasteiger partial charge on any atom is 0.303 e. The molecular formula is C19H24BrN3O10. The highest BCUT2D eigenvalue weighted by Crippen LogP contribution is 2.35. The summed E-state index contributed by atoms with van der Waals surface area (Å²) in [6.07, 6.45) is -6.68. The highest BCUT2D eigenvalue weighted by atomic mass is 79.9. The summed E-state index contributed by atoms with van der Waals surface area (Å²) in [4.78, 5) is 59.0. The third-order valence-electron chi connectivity index (χ3n) is 4.38. The Bertz CT molecular complexity index is 933. The van der Waals surface area contributed by atoms with E-state index in [0.717, 1.165) is 32.4 Å². The van der Waals surface area contributed by atoms with Crippen molar-refractivity contribution in [2.75, 3.05) is 6.61 Å². The molecule has 2 rings (SSSR count). The van der Waals surface area contributed by atoms with Crippen LogP contribution in [-0.2, 0) is 48.2 Å². The summed E-state index contributed by atoms with van der Waals surface area (Å²) >= 11 is 3.23. The number of primary amides is 1. The predicted octanol–water partition coefficient (Wildman–Crippen LogP) is 0.133. The Morgan fingerprint density at radius 1 is 0.970 bits per heavy atom. The minimum absolute atomic E-state index is 0.0923. The molecule has 0 aliphatic carbocycles. The van der Waals surface area contributed by atoms with Crippen molar-refractivity contribution in [2.24, 2.45) is 5.73 Å². The first-order chi connectivity index (χ1) is 15.4. The van der Waals surface area contributed by atoms with Gasteiger partial charge in [0.15, 0.2) is 24.5 Å². The van der Waals surface area contributed by atoms with Gasteiger partial charge in [-0.25, -0.2) is 4.68 Å². The van der Waals surface area contributed by atoms with Gasteiger partial charge in [-0.05, 0) is 6.07 Å². The summed E-state index contributed by atoms with van der Waals surface area (Å²) < 4.78 is 28.1. The van der Waals surface area contributed by atoms with Gasteiger partial charge in [0.2, 0.25) is 0 Å². The molecule has 5 atom stereocenters. The number of hydrogen-bond acceptors (Lipinski definition) is 11. The van der Waals surface area contributed by atoms with Crippen LogP contribution in [0.25, 0.3) is 0 Å². The van der Waals surface area contributed by atoms with Gasteiger partial charge in [-0.3, -0.25) is 24.0 Å². The number of halogens is 1. The maximum absolute atomic E-state index is 12.0. The highest BCUT2D eigenvalue weighted by Gasteiger charge is 2.53. The van der Waals surface area contributed by atoms with Crippen LogP contribution in [0.15, 0.2) is 6.07 Å². The van der Waals surface area contributed by atoms with Crippen LogP contribution in [0, 0.1) is 0 Å². The lowest BCUT2D eigenvalue weighted by Gasteiger charge is -2.44. The molecule has 1 aromatic rings.